The maximum absolute atomic E-state index is 12.2. The molecular formula is C19H21NO3. The Kier molecular flexibility index (Phi) is 5.92. The molecule has 0 aliphatic carbocycles. The first-order chi connectivity index (χ1) is 11.1. The Labute approximate surface area is 136 Å². The Morgan fingerprint density at radius 2 is 1.70 bits per heavy atom. The number of hydrogen-bond acceptors (Lipinski definition) is 3. The molecule has 1 amide bonds. The number of rotatable bonds is 6. The molecule has 0 fully saturated rings. The number of esters is 1. The van der Waals surface area contributed by atoms with E-state index in [2.05, 4.69) is 10.1 Å². The van der Waals surface area contributed by atoms with Crippen molar-refractivity contribution in [3.63, 3.8) is 0 Å². The quantitative estimate of drug-likeness (QED) is 0.835. The first kappa shape index (κ1) is 16.7. The lowest BCUT2D eigenvalue weighted by Gasteiger charge is -2.19. The van der Waals surface area contributed by atoms with Gasteiger partial charge in [0.15, 0.2) is 0 Å². The fraction of sp³-hybridized carbons (Fsp3) is 0.263. The number of carbonyl (C=O) groups is 2. The zero-order chi connectivity index (χ0) is 16.7. The smallest absolute Gasteiger partial charge is 0.325 e. The Morgan fingerprint density at radius 3 is 2.35 bits per heavy atom. The number of benzene rings is 2. The lowest BCUT2D eigenvalue weighted by atomic mass is 9.86. The second-order valence-corrected chi connectivity index (χ2v) is 5.38. The van der Waals surface area contributed by atoms with Crippen LogP contribution in [0.15, 0.2) is 54.6 Å². The highest BCUT2D eigenvalue weighted by molar-refractivity contribution is 5.82. The molecule has 0 saturated carbocycles. The van der Waals surface area contributed by atoms with E-state index < -0.39 is 5.97 Å². The number of nitrogens with one attached hydrogen (secondary N) is 1. The maximum atomic E-state index is 12.2. The Balaban J connectivity index is 2.20. The highest BCUT2D eigenvalue weighted by Gasteiger charge is 2.20. The summed E-state index contributed by atoms with van der Waals surface area (Å²) in [5.74, 6) is -0.673. The van der Waals surface area contributed by atoms with Gasteiger partial charge in [0.2, 0.25) is 5.91 Å². The fourth-order valence-corrected chi connectivity index (χ4v) is 2.57. The highest BCUT2D eigenvalue weighted by atomic mass is 16.5. The first-order valence-electron chi connectivity index (χ1n) is 7.55. The van der Waals surface area contributed by atoms with Gasteiger partial charge in [-0.3, -0.25) is 9.59 Å². The summed E-state index contributed by atoms with van der Waals surface area (Å²) < 4.78 is 4.54. The molecule has 0 spiro atoms. The zero-order valence-electron chi connectivity index (χ0n) is 13.4. The van der Waals surface area contributed by atoms with Gasteiger partial charge in [0.25, 0.3) is 0 Å². The molecule has 0 saturated heterocycles. The molecule has 0 aromatic heterocycles. The van der Waals surface area contributed by atoms with Gasteiger partial charge in [0.1, 0.15) is 6.54 Å². The zero-order valence-corrected chi connectivity index (χ0v) is 13.4. The van der Waals surface area contributed by atoms with Crippen LogP contribution in [0.3, 0.4) is 0 Å². The van der Waals surface area contributed by atoms with Gasteiger partial charge in [-0.2, -0.15) is 0 Å². The average molecular weight is 311 g/mol. The van der Waals surface area contributed by atoms with Crippen LogP contribution in [-0.4, -0.2) is 25.5 Å². The van der Waals surface area contributed by atoms with E-state index in [0.29, 0.717) is 0 Å². The third-order valence-corrected chi connectivity index (χ3v) is 3.81. The van der Waals surface area contributed by atoms with Crippen molar-refractivity contribution in [2.45, 2.75) is 19.3 Å². The van der Waals surface area contributed by atoms with E-state index in [1.165, 1.54) is 7.11 Å². The summed E-state index contributed by atoms with van der Waals surface area (Å²) in [6, 6.07) is 18.0. The van der Waals surface area contributed by atoms with Crippen molar-refractivity contribution in [2.24, 2.45) is 0 Å². The highest BCUT2D eigenvalue weighted by Crippen LogP contribution is 2.30. The van der Waals surface area contributed by atoms with E-state index >= 15 is 0 Å². The van der Waals surface area contributed by atoms with Gasteiger partial charge in [-0.05, 0) is 23.6 Å². The number of amides is 1. The third-order valence-electron chi connectivity index (χ3n) is 3.81. The maximum Gasteiger partial charge on any atom is 0.325 e. The predicted molar refractivity (Wildman–Crippen MR) is 89.1 cm³/mol. The largest absolute Gasteiger partial charge is 0.468 e. The van der Waals surface area contributed by atoms with Crippen LogP contribution in [-0.2, 0) is 14.3 Å². The van der Waals surface area contributed by atoms with Crippen molar-refractivity contribution in [3.8, 4) is 0 Å². The molecule has 120 valence electrons. The molecule has 2 rings (SSSR count). The second kappa shape index (κ2) is 8.13. The van der Waals surface area contributed by atoms with Crippen LogP contribution in [0, 0.1) is 6.92 Å². The molecule has 0 bridgehead atoms. The summed E-state index contributed by atoms with van der Waals surface area (Å²) in [5.41, 5.74) is 3.34. The predicted octanol–water partition coefficient (Wildman–Crippen LogP) is 2.81. The Morgan fingerprint density at radius 1 is 1.04 bits per heavy atom. The third kappa shape index (κ3) is 4.68. The average Bonchev–Trinajstić information content (AvgIpc) is 2.59. The van der Waals surface area contributed by atoms with Gasteiger partial charge in [0.05, 0.1) is 7.11 Å². The van der Waals surface area contributed by atoms with Gasteiger partial charge in [-0.25, -0.2) is 0 Å². The molecule has 2 aromatic carbocycles. The molecule has 1 atom stereocenters. The standard InChI is InChI=1S/C19H21NO3/c1-14-8-6-7-11-16(14)17(15-9-4-3-5-10-15)12-18(21)20-13-19(22)23-2/h3-11,17H,12-13H2,1-2H3,(H,20,21). The molecule has 4 heteroatoms. The molecule has 1 unspecified atom stereocenters. The van der Waals surface area contributed by atoms with Crippen LogP contribution in [0.5, 0.6) is 0 Å². The van der Waals surface area contributed by atoms with Crippen LogP contribution in [0.2, 0.25) is 0 Å². The van der Waals surface area contributed by atoms with E-state index in [1.807, 2.05) is 61.5 Å². The van der Waals surface area contributed by atoms with Gasteiger partial charge in [-0.15, -0.1) is 0 Å². The van der Waals surface area contributed by atoms with E-state index in [1.54, 1.807) is 0 Å². The van der Waals surface area contributed by atoms with Gasteiger partial charge in [-0.1, -0.05) is 54.6 Å². The molecule has 23 heavy (non-hydrogen) atoms. The lowest BCUT2D eigenvalue weighted by Crippen LogP contribution is -2.31. The molecule has 0 heterocycles. The first-order valence-corrected chi connectivity index (χ1v) is 7.55. The number of carbonyl (C=O) groups excluding carboxylic acids is 2. The molecule has 4 nitrogen and oxygen atoms in total. The summed E-state index contributed by atoms with van der Waals surface area (Å²) in [6.07, 6.45) is 0.284. The normalized spacial score (nSPS) is 11.6. The number of hydrogen-bond donors (Lipinski definition) is 1. The molecule has 2 aromatic rings. The SMILES string of the molecule is COC(=O)CNC(=O)CC(c1ccccc1)c1ccccc1C. The van der Waals surface area contributed by atoms with Gasteiger partial charge in [0, 0.05) is 12.3 Å². The minimum Gasteiger partial charge on any atom is -0.468 e. The van der Waals surface area contributed by atoms with E-state index in [-0.39, 0.29) is 24.8 Å². The van der Waals surface area contributed by atoms with Crippen molar-refractivity contribution in [1.29, 1.82) is 0 Å². The van der Waals surface area contributed by atoms with Crippen molar-refractivity contribution < 1.29 is 14.3 Å². The molecule has 0 aliphatic heterocycles. The van der Waals surface area contributed by atoms with E-state index in [4.69, 9.17) is 0 Å². The van der Waals surface area contributed by atoms with Crippen molar-refractivity contribution in [3.05, 3.63) is 71.3 Å². The Bertz CT molecular complexity index is 667. The summed E-state index contributed by atoms with van der Waals surface area (Å²) in [7, 11) is 1.30. The summed E-state index contributed by atoms with van der Waals surface area (Å²) in [4.78, 5) is 23.4. The summed E-state index contributed by atoms with van der Waals surface area (Å²) in [5, 5.41) is 2.61. The minimum absolute atomic E-state index is 0.0463. The van der Waals surface area contributed by atoms with Gasteiger partial charge < -0.3 is 10.1 Å². The molecule has 0 radical (unpaired) electrons. The molecular weight excluding hydrogens is 290 g/mol. The number of ether oxygens (including phenoxy) is 1. The van der Waals surface area contributed by atoms with Crippen LogP contribution in [0.1, 0.15) is 29.0 Å². The van der Waals surface area contributed by atoms with Crippen molar-refractivity contribution >= 4 is 11.9 Å². The number of methoxy groups -OCH3 is 1. The second-order valence-electron chi connectivity index (χ2n) is 5.38. The lowest BCUT2D eigenvalue weighted by molar-refractivity contribution is -0.141. The summed E-state index contributed by atoms with van der Waals surface area (Å²) >= 11 is 0. The van der Waals surface area contributed by atoms with Gasteiger partial charge >= 0.3 is 5.97 Å². The fourth-order valence-electron chi connectivity index (χ4n) is 2.57. The van der Waals surface area contributed by atoms with Crippen LogP contribution >= 0.6 is 0 Å². The topological polar surface area (TPSA) is 55.4 Å². The van der Waals surface area contributed by atoms with Crippen molar-refractivity contribution in [1.82, 2.24) is 5.32 Å². The van der Waals surface area contributed by atoms with Crippen molar-refractivity contribution in [2.75, 3.05) is 13.7 Å². The number of aryl methyl sites for hydroxylation is 1. The van der Waals surface area contributed by atoms with E-state index in [9.17, 15) is 9.59 Å². The molecule has 1 N–H and O–H groups in total. The monoisotopic (exact) mass is 311 g/mol. The Hall–Kier alpha value is -2.62. The minimum atomic E-state index is -0.453. The van der Waals surface area contributed by atoms with Crippen LogP contribution in [0.4, 0.5) is 0 Å². The summed E-state index contributed by atoms with van der Waals surface area (Å²) in [6.45, 7) is 1.93. The van der Waals surface area contributed by atoms with E-state index in [0.717, 1.165) is 16.7 Å². The van der Waals surface area contributed by atoms with Crippen LogP contribution in [0.25, 0.3) is 0 Å². The molecule has 0 aliphatic rings. The van der Waals surface area contributed by atoms with Crippen LogP contribution < -0.4 is 5.32 Å².